The van der Waals surface area contributed by atoms with Crippen molar-refractivity contribution in [3.05, 3.63) is 0 Å². The van der Waals surface area contributed by atoms with E-state index in [0.29, 0.717) is 11.4 Å². The van der Waals surface area contributed by atoms with E-state index in [2.05, 4.69) is 43.5 Å². The van der Waals surface area contributed by atoms with Crippen molar-refractivity contribution >= 4 is 12.6 Å². The van der Waals surface area contributed by atoms with E-state index in [1.54, 1.807) is 0 Å². The molecule has 0 spiro atoms. The van der Waals surface area contributed by atoms with Crippen molar-refractivity contribution in [2.45, 2.75) is 31.7 Å². The molecule has 1 atom stereocenters. The fraction of sp³-hybridized carbons (Fsp3) is 1.00. The van der Waals surface area contributed by atoms with E-state index in [9.17, 15) is 0 Å². The molecule has 60 valence electrons. The topological polar surface area (TPSA) is 6.48 Å². The molecular formula is C7H16N2S. The van der Waals surface area contributed by atoms with Gasteiger partial charge in [-0.15, -0.1) is 0 Å². The van der Waals surface area contributed by atoms with Crippen molar-refractivity contribution in [2.24, 2.45) is 0 Å². The number of rotatable bonds is 1. The molecule has 0 aromatic carbocycles. The Bertz CT molecular complexity index is 106. The van der Waals surface area contributed by atoms with Crippen molar-refractivity contribution in [1.29, 1.82) is 0 Å². The Morgan fingerprint density at radius 2 is 2.10 bits per heavy atom. The van der Waals surface area contributed by atoms with Crippen molar-refractivity contribution in [3.63, 3.8) is 0 Å². The summed E-state index contributed by atoms with van der Waals surface area (Å²) in [6.07, 6.45) is 1.18. The Morgan fingerprint density at radius 3 is 2.30 bits per heavy atom. The summed E-state index contributed by atoms with van der Waals surface area (Å²) in [6.45, 7) is 5.54. The van der Waals surface area contributed by atoms with Gasteiger partial charge in [0.1, 0.15) is 0 Å². The molecule has 0 bridgehead atoms. The van der Waals surface area contributed by atoms with Gasteiger partial charge in [0.25, 0.3) is 0 Å². The predicted octanol–water partition coefficient (Wildman–Crippen LogP) is 1.20. The summed E-state index contributed by atoms with van der Waals surface area (Å²) in [5.74, 6) is 0. The average molecular weight is 160 g/mol. The summed E-state index contributed by atoms with van der Waals surface area (Å²) >= 11 is 4.47. The standard InChI is InChI=1S/C7H16N2S/c1-6(2)9-7(10)4-5-8(9)3/h6-7,10H,4-5H2,1-3H3/t7-/m1/s1. The van der Waals surface area contributed by atoms with Crippen molar-refractivity contribution in [2.75, 3.05) is 13.6 Å². The Labute approximate surface area is 68.6 Å². The van der Waals surface area contributed by atoms with E-state index in [4.69, 9.17) is 0 Å². The van der Waals surface area contributed by atoms with Crippen molar-refractivity contribution in [3.8, 4) is 0 Å². The number of thiol groups is 1. The zero-order chi connectivity index (χ0) is 7.72. The van der Waals surface area contributed by atoms with Gasteiger partial charge < -0.3 is 0 Å². The Hall–Kier alpha value is 0.270. The number of hydrogen-bond donors (Lipinski definition) is 1. The molecule has 1 aliphatic rings. The van der Waals surface area contributed by atoms with Gasteiger partial charge in [0.15, 0.2) is 0 Å². The normalized spacial score (nSPS) is 30.3. The highest BCUT2D eigenvalue weighted by atomic mass is 32.1. The second-order valence-electron chi connectivity index (χ2n) is 3.12. The van der Waals surface area contributed by atoms with Gasteiger partial charge in [0.05, 0.1) is 5.37 Å². The Kier molecular flexibility index (Phi) is 2.61. The first-order chi connectivity index (χ1) is 4.63. The molecule has 0 aromatic heterocycles. The van der Waals surface area contributed by atoms with E-state index in [1.807, 2.05) is 0 Å². The molecule has 0 aromatic rings. The minimum atomic E-state index is 0.435. The molecule has 0 N–H and O–H groups in total. The second-order valence-corrected chi connectivity index (χ2v) is 3.72. The first kappa shape index (κ1) is 8.37. The van der Waals surface area contributed by atoms with Crippen LogP contribution in [-0.4, -0.2) is 35.0 Å². The molecule has 1 aliphatic heterocycles. The third-order valence-corrected chi connectivity index (χ3v) is 2.43. The molecular weight excluding hydrogens is 144 g/mol. The van der Waals surface area contributed by atoms with Crippen LogP contribution in [0.2, 0.25) is 0 Å². The van der Waals surface area contributed by atoms with E-state index in [-0.39, 0.29) is 0 Å². The fourth-order valence-electron chi connectivity index (χ4n) is 1.52. The van der Waals surface area contributed by atoms with Gasteiger partial charge in [0.2, 0.25) is 0 Å². The molecule has 0 unspecified atom stereocenters. The summed E-state index contributed by atoms with van der Waals surface area (Å²) < 4.78 is 0. The van der Waals surface area contributed by atoms with Crippen LogP contribution in [0.3, 0.4) is 0 Å². The van der Waals surface area contributed by atoms with Gasteiger partial charge in [-0.25, -0.2) is 10.0 Å². The minimum Gasteiger partial charge on any atom is -0.244 e. The molecule has 1 heterocycles. The third kappa shape index (κ3) is 1.47. The molecule has 3 heteroatoms. The number of nitrogens with zero attached hydrogens (tertiary/aromatic N) is 2. The SMILES string of the molecule is CC(C)N1[C@H](S)CCN1C. The lowest BCUT2D eigenvalue weighted by molar-refractivity contribution is 0.0153. The first-order valence-corrected chi connectivity index (χ1v) is 4.32. The highest BCUT2D eigenvalue weighted by Crippen LogP contribution is 2.21. The monoisotopic (exact) mass is 160 g/mol. The molecule has 2 nitrogen and oxygen atoms in total. The van der Waals surface area contributed by atoms with Gasteiger partial charge >= 0.3 is 0 Å². The van der Waals surface area contributed by atoms with Crippen LogP contribution >= 0.6 is 12.6 Å². The molecule has 0 aliphatic carbocycles. The quantitative estimate of drug-likeness (QED) is 0.576. The molecule has 1 rings (SSSR count). The predicted molar refractivity (Wildman–Crippen MR) is 47.0 cm³/mol. The van der Waals surface area contributed by atoms with E-state index < -0.39 is 0 Å². The van der Waals surface area contributed by atoms with Gasteiger partial charge in [-0.05, 0) is 20.3 Å². The molecule has 10 heavy (non-hydrogen) atoms. The van der Waals surface area contributed by atoms with Crippen LogP contribution < -0.4 is 0 Å². The van der Waals surface area contributed by atoms with Gasteiger partial charge in [0, 0.05) is 19.6 Å². The van der Waals surface area contributed by atoms with Crippen LogP contribution in [0.5, 0.6) is 0 Å². The van der Waals surface area contributed by atoms with E-state index in [0.717, 1.165) is 6.54 Å². The van der Waals surface area contributed by atoms with Crippen LogP contribution in [0, 0.1) is 0 Å². The van der Waals surface area contributed by atoms with Gasteiger partial charge in [-0.3, -0.25) is 0 Å². The third-order valence-electron chi connectivity index (χ3n) is 1.94. The zero-order valence-electron chi connectivity index (χ0n) is 6.91. The van der Waals surface area contributed by atoms with Crippen molar-refractivity contribution < 1.29 is 0 Å². The van der Waals surface area contributed by atoms with Crippen LogP contribution in [-0.2, 0) is 0 Å². The van der Waals surface area contributed by atoms with Crippen LogP contribution in [0.25, 0.3) is 0 Å². The minimum absolute atomic E-state index is 0.435. The molecule has 0 saturated carbocycles. The maximum absolute atomic E-state index is 4.47. The molecule has 0 radical (unpaired) electrons. The fourth-order valence-corrected chi connectivity index (χ4v) is 2.07. The van der Waals surface area contributed by atoms with Crippen molar-refractivity contribution in [1.82, 2.24) is 10.0 Å². The van der Waals surface area contributed by atoms with Crippen LogP contribution in [0.1, 0.15) is 20.3 Å². The van der Waals surface area contributed by atoms with E-state index in [1.165, 1.54) is 6.42 Å². The largest absolute Gasteiger partial charge is 0.244 e. The Balaban J connectivity index is 2.54. The van der Waals surface area contributed by atoms with Crippen LogP contribution in [0.15, 0.2) is 0 Å². The lowest BCUT2D eigenvalue weighted by atomic mass is 10.3. The molecule has 1 saturated heterocycles. The lowest BCUT2D eigenvalue weighted by Crippen LogP contribution is -2.41. The summed E-state index contributed by atoms with van der Waals surface area (Å²) in [6, 6.07) is 0.579. The molecule has 0 amide bonds. The van der Waals surface area contributed by atoms with E-state index >= 15 is 0 Å². The maximum atomic E-state index is 4.47. The summed E-state index contributed by atoms with van der Waals surface area (Å²) in [5, 5.41) is 5.00. The number of hydrazine groups is 1. The molecule has 1 fully saturated rings. The summed E-state index contributed by atoms with van der Waals surface area (Å²) in [4.78, 5) is 0. The highest BCUT2D eigenvalue weighted by Gasteiger charge is 2.27. The average Bonchev–Trinajstić information content (AvgIpc) is 2.11. The van der Waals surface area contributed by atoms with Gasteiger partial charge in [-0.2, -0.15) is 12.6 Å². The smallest absolute Gasteiger partial charge is 0.0685 e. The lowest BCUT2D eigenvalue weighted by Gasteiger charge is -2.30. The summed E-state index contributed by atoms with van der Waals surface area (Å²) in [5.41, 5.74) is 0. The van der Waals surface area contributed by atoms with Gasteiger partial charge in [-0.1, -0.05) is 0 Å². The first-order valence-electron chi connectivity index (χ1n) is 3.80. The van der Waals surface area contributed by atoms with Crippen LogP contribution in [0.4, 0.5) is 0 Å². The second kappa shape index (κ2) is 3.11. The Morgan fingerprint density at radius 1 is 1.50 bits per heavy atom. The maximum Gasteiger partial charge on any atom is 0.0685 e. The zero-order valence-corrected chi connectivity index (χ0v) is 7.80. The summed E-state index contributed by atoms with van der Waals surface area (Å²) in [7, 11) is 2.12. The highest BCUT2D eigenvalue weighted by molar-refractivity contribution is 7.80. The number of hydrogen-bond acceptors (Lipinski definition) is 3.